The summed E-state index contributed by atoms with van der Waals surface area (Å²) < 4.78 is 46.3. The third kappa shape index (κ3) is 7.16. The quantitative estimate of drug-likeness (QED) is 0.134. The Labute approximate surface area is 245 Å². The number of hydrogen-bond donors (Lipinski definition) is 2. The predicted octanol–water partition coefficient (Wildman–Crippen LogP) is 5.52. The molecule has 3 aromatic carbocycles. The van der Waals surface area contributed by atoms with Crippen molar-refractivity contribution >= 4 is 46.6 Å². The summed E-state index contributed by atoms with van der Waals surface area (Å²) in [5, 5.41) is 24.4. The first-order chi connectivity index (χ1) is 20.0. The summed E-state index contributed by atoms with van der Waals surface area (Å²) in [7, 11) is 1.46. The molecular weight excluding hydrogens is 601 g/mol. The van der Waals surface area contributed by atoms with Crippen LogP contribution < -0.4 is 15.4 Å². The normalized spacial score (nSPS) is 11.2. The summed E-state index contributed by atoms with van der Waals surface area (Å²) in [5.74, 6) is -0.745. The number of nitro groups is 1. The third-order valence-corrected chi connectivity index (χ3v) is 6.93. The summed E-state index contributed by atoms with van der Waals surface area (Å²) in [6.07, 6.45) is -4.62. The molecule has 218 valence electrons. The molecule has 2 N–H and O–H groups in total. The first-order valence-corrected chi connectivity index (χ1v) is 13.2. The number of benzene rings is 3. The molecule has 0 aliphatic rings. The van der Waals surface area contributed by atoms with E-state index in [0.29, 0.717) is 11.4 Å². The smallest absolute Gasteiger partial charge is 0.416 e. The van der Waals surface area contributed by atoms with E-state index >= 15 is 0 Å². The van der Waals surface area contributed by atoms with Crippen molar-refractivity contribution in [2.75, 3.05) is 18.2 Å². The highest BCUT2D eigenvalue weighted by molar-refractivity contribution is 7.99. The molecule has 16 heteroatoms. The number of para-hydroxylation sites is 2. The number of hydrogen-bond acceptors (Lipinski definition) is 8. The lowest BCUT2D eigenvalue weighted by atomic mass is 10.2. The van der Waals surface area contributed by atoms with Gasteiger partial charge in [0.25, 0.3) is 11.6 Å². The second-order valence-corrected chi connectivity index (χ2v) is 9.77. The number of nitrogens with zero attached hydrogens (tertiary/aromatic N) is 4. The van der Waals surface area contributed by atoms with Crippen molar-refractivity contribution < 1.29 is 32.4 Å². The van der Waals surface area contributed by atoms with Crippen molar-refractivity contribution in [2.24, 2.45) is 0 Å². The zero-order chi connectivity index (χ0) is 30.4. The molecule has 11 nitrogen and oxygen atoms in total. The number of non-ortho nitro benzene ring substituents is 1. The molecule has 4 aromatic rings. The van der Waals surface area contributed by atoms with Crippen LogP contribution in [0.15, 0.2) is 71.9 Å². The molecule has 0 aliphatic carbocycles. The first kappa shape index (κ1) is 30.3. The zero-order valence-electron chi connectivity index (χ0n) is 21.5. The minimum Gasteiger partial charge on any atom is -0.495 e. The number of halogens is 4. The van der Waals surface area contributed by atoms with Gasteiger partial charge < -0.3 is 15.4 Å². The highest BCUT2D eigenvalue weighted by Gasteiger charge is 2.31. The molecule has 0 saturated carbocycles. The highest BCUT2D eigenvalue weighted by Crippen LogP contribution is 2.34. The highest BCUT2D eigenvalue weighted by atomic mass is 35.5. The molecule has 0 atom stereocenters. The molecule has 1 heterocycles. The van der Waals surface area contributed by atoms with Crippen molar-refractivity contribution in [1.82, 2.24) is 20.1 Å². The molecule has 0 unspecified atom stereocenters. The van der Waals surface area contributed by atoms with Gasteiger partial charge in [0.05, 0.1) is 46.3 Å². The maximum Gasteiger partial charge on any atom is 0.416 e. The molecule has 0 radical (unpaired) electrons. The van der Waals surface area contributed by atoms with Crippen molar-refractivity contribution in [3.8, 4) is 11.4 Å². The van der Waals surface area contributed by atoms with E-state index in [1.54, 1.807) is 28.8 Å². The number of methoxy groups -OCH3 is 1. The molecule has 1 aromatic heterocycles. The number of rotatable bonds is 10. The van der Waals surface area contributed by atoms with E-state index in [1.165, 1.54) is 31.4 Å². The van der Waals surface area contributed by atoms with Crippen molar-refractivity contribution in [3.63, 3.8) is 0 Å². The van der Waals surface area contributed by atoms with Gasteiger partial charge in [0.15, 0.2) is 11.0 Å². The van der Waals surface area contributed by atoms with E-state index in [4.69, 9.17) is 16.3 Å². The SMILES string of the molecule is COc1ccccc1-n1c(CNC(=O)c2ccc([N+](=O)[O-])cc2)nnc1SCC(=O)Nc1cc(C(F)(F)F)ccc1Cl. The average Bonchev–Trinajstić information content (AvgIpc) is 3.37. The van der Waals surface area contributed by atoms with Crippen LogP contribution in [-0.2, 0) is 17.5 Å². The average molecular weight is 621 g/mol. The van der Waals surface area contributed by atoms with E-state index in [2.05, 4.69) is 20.8 Å². The lowest BCUT2D eigenvalue weighted by molar-refractivity contribution is -0.384. The topological polar surface area (TPSA) is 141 Å². The molecule has 0 saturated heterocycles. The molecule has 42 heavy (non-hydrogen) atoms. The largest absolute Gasteiger partial charge is 0.495 e. The molecule has 0 spiro atoms. The van der Waals surface area contributed by atoms with E-state index < -0.39 is 28.5 Å². The fourth-order valence-corrected chi connectivity index (χ4v) is 4.60. The third-order valence-electron chi connectivity index (χ3n) is 5.67. The van der Waals surface area contributed by atoms with Crippen LogP contribution >= 0.6 is 23.4 Å². The Morgan fingerprint density at radius 1 is 1.10 bits per heavy atom. The summed E-state index contributed by atoms with van der Waals surface area (Å²) in [6.45, 7) is -0.118. The fourth-order valence-electron chi connectivity index (χ4n) is 3.67. The van der Waals surface area contributed by atoms with Gasteiger partial charge in [-0.15, -0.1) is 10.2 Å². The summed E-state index contributed by atoms with van der Waals surface area (Å²) >= 11 is 6.92. The standard InChI is InChI=1S/C26H20ClF3N6O5S/c1-41-21-5-3-2-4-20(21)35-22(13-31-24(38)15-6-9-17(10-7-15)36(39)40)33-34-25(35)42-14-23(37)32-19-12-16(26(28,29)30)8-11-18(19)27/h2-12H,13-14H2,1H3,(H,31,38)(H,32,37). The van der Waals surface area contributed by atoms with Gasteiger partial charge in [-0.1, -0.05) is 35.5 Å². The minimum absolute atomic E-state index is 0.0652. The maximum absolute atomic E-state index is 13.1. The van der Waals surface area contributed by atoms with Crippen LogP contribution in [0, 0.1) is 10.1 Å². The number of carbonyl (C=O) groups is 2. The van der Waals surface area contributed by atoms with Crippen LogP contribution in [0.4, 0.5) is 24.5 Å². The minimum atomic E-state index is -4.62. The van der Waals surface area contributed by atoms with Crippen molar-refractivity contribution in [3.05, 3.63) is 98.8 Å². The Balaban J connectivity index is 1.53. The van der Waals surface area contributed by atoms with Gasteiger partial charge in [0.1, 0.15) is 5.75 Å². The molecular formula is C26H20ClF3N6O5S. The van der Waals surface area contributed by atoms with Gasteiger partial charge in [0, 0.05) is 17.7 Å². The molecule has 4 rings (SSSR count). The van der Waals surface area contributed by atoms with Crippen LogP contribution in [0.25, 0.3) is 5.69 Å². The van der Waals surface area contributed by atoms with Crippen LogP contribution in [0.2, 0.25) is 5.02 Å². The summed E-state index contributed by atoms with van der Waals surface area (Å²) in [5.41, 5.74) is -0.649. The van der Waals surface area contributed by atoms with Crippen LogP contribution in [0.5, 0.6) is 5.75 Å². The first-order valence-electron chi connectivity index (χ1n) is 11.9. The number of aromatic nitrogens is 3. The molecule has 2 amide bonds. The zero-order valence-corrected chi connectivity index (χ0v) is 23.1. The lowest BCUT2D eigenvalue weighted by Crippen LogP contribution is -2.24. The van der Waals surface area contributed by atoms with E-state index in [9.17, 15) is 32.9 Å². The second-order valence-electron chi connectivity index (χ2n) is 8.42. The van der Waals surface area contributed by atoms with E-state index in [-0.39, 0.29) is 45.2 Å². The monoisotopic (exact) mass is 620 g/mol. The predicted molar refractivity (Wildman–Crippen MR) is 148 cm³/mol. The Kier molecular flexibility index (Phi) is 9.32. The number of amides is 2. The Hall–Kier alpha value is -4.63. The number of ether oxygens (including phenoxy) is 1. The maximum atomic E-state index is 13.1. The number of thioether (sulfide) groups is 1. The molecule has 0 aliphatic heterocycles. The van der Waals surface area contributed by atoms with E-state index in [1.807, 2.05) is 0 Å². The number of nitro benzene ring substituents is 1. The van der Waals surface area contributed by atoms with Gasteiger partial charge in [0.2, 0.25) is 5.91 Å². The van der Waals surface area contributed by atoms with Gasteiger partial charge >= 0.3 is 6.18 Å². The van der Waals surface area contributed by atoms with Crippen LogP contribution in [0.3, 0.4) is 0 Å². The van der Waals surface area contributed by atoms with Gasteiger partial charge in [-0.05, 0) is 42.5 Å². The Morgan fingerprint density at radius 3 is 2.48 bits per heavy atom. The summed E-state index contributed by atoms with van der Waals surface area (Å²) in [4.78, 5) is 35.6. The van der Waals surface area contributed by atoms with Gasteiger partial charge in [-0.3, -0.25) is 24.3 Å². The molecule has 0 fully saturated rings. The Morgan fingerprint density at radius 2 is 1.81 bits per heavy atom. The van der Waals surface area contributed by atoms with Crippen molar-refractivity contribution in [1.29, 1.82) is 0 Å². The van der Waals surface area contributed by atoms with Gasteiger partial charge in [-0.2, -0.15) is 13.2 Å². The second kappa shape index (κ2) is 12.9. The lowest BCUT2D eigenvalue weighted by Gasteiger charge is -2.14. The summed E-state index contributed by atoms with van der Waals surface area (Å²) in [6, 6.07) is 14.5. The van der Waals surface area contributed by atoms with Crippen molar-refractivity contribution in [2.45, 2.75) is 17.9 Å². The van der Waals surface area contributed by atoms with E-state index in [0.717, 1.165) is 30.0 Å². The number of nitrogens with one attached hydrogen (secondary N) is 2. The fraction of sp³-hybridized carbons (Fsp3) is 0.154. The number of anilines is 1. The number of alkyl halides is 3. The molecule has 0 bridgehead atoms. The number of carbonyl (C=O) groups excluding carboxylic acids is 2. The Bertz CT molecular complexity index is 1630. The van der Waals surface area contributed by atoms with Gasteiger partial charge in [-0.25, -0.2) is 0 Å². The van der Waals surface area contributed by atoms with Crippen LogP contribution in [-0.4, -0.2) is 44.4 Å². The van der Waals surface area contributed by atoms with Crippen LogP contribution in [0.1, 0.15) is 21.7 Å².